The summed E-state index contributed by atoms with van der Waals surface area (Å²) in [6.07, 6.45) is 1.59. The lowest BCUT2D eigenvalue weighted by molar-refractivity contribution is 0.354. The van der Waals surface area contributed by atoms with Gasteiger partial charge in [0.2, 0.25) is 0 Å². The van der Waals surface area contributed by atoms with Crippen molar-refractivity contribution in [3.05, 3.63) is 40.6 Å². The van der Waals surface area contributed by atoms with E-state index in [-0.39, 0.29) is 5.54 Å². The molecule has 0 bridgehead atoms. The van der Waals surface area contributed by atoms with E-state index in [0.29, 0.717) is 21.7 Å². The van der Waals surface area contributed by atoms with Gasteiger partial charge in [0.25, 0.3) is 0 Å². The molecule has 1 aromatic carbocycles. The number of benzene rings is 1. The number of nitrogens with zero attached hydrogens (tertiary/aromatic N) is 2. The van der Waals surface area contributed by atoms with Crippen molar-refractivity contribution in [1.29, 1.82) is 0 Å². The number of hydrogen-bond donors (Lipinski definition) is 0. The first-order valence-corrected chi connectivity index (χ1v) is 6.31. The third-order valence-electron chi connectivity index (χ3n) is 2.37. The standard InChI is InChI=1S/C13H14Cl2N2O/c1-13(2,3)17-12(15)11(8-16-17)18-10-7-5-4-6-9(10)14/h4-8H,1-3H3. The Morgan fingerprint density at radius 3 is 2.33 bits per heavy atom. The fraction of sp³-hybridized carbons (Fsp3) is 0.308. The molecule has 1 aromatic heterocycles. The number of para-hydroxylation sites is 1. The zero-order valence-corrected chi connectivity index (χ0v) is 12.0. The molecule has 96 valence electrons. The van der Waals surface area contributed by atoms with E-state index in [0.717, 1.165) is 0 Å². The highest BCUT2D eigenvalue weighted by molar-refractivity contribution is 6.32. The van der Waals surface area contributed by atoms with Gasteiger partial charge in [0.1, 0.15) is 5.75 Å². The summed E-state index contributed by atoms with van der Waals surface area (Å²) in [4.78, 5) is 0. The lowest BCUT2D eigenvalue weighted by atomic mass is 10.1. The summed E-state index contributed by atoms with van der Waals surface area (Å²) in [6, 6.07) is 7.24. The van der Waals surface area contributed by atoms with E-state index in [9.17, 15) is 0 Å². The summed E-state index contributed by atoms with van der Waals surface area (Å²) in [5.41, 5.74) is -0.195. The minimum absolute atomic E-state index is 0.195. The Kier molecular flexibility index (Phi) is 3.55. The lowest BCUT2D eigenvalue weighted by Crippen LogP contribution is -2.23. The van der Waals surface area contributed by atoms with E-state index in [1.54, 1.807) is 23.0 Å². The smallest absolute Gasteiger partial charge is 0.184 e. The Morgan fingerprint density at radius 2 is 1.78 bits per heavy atom. The largest absolute Gasteiger partial charge is 0.451 e. The second-order valence-corrected chi connectivity index (χ2v) is 5.68. The van der Waals surface area contributed by atoms with Gasteiger partial charge in [-0.05, 0) is 32.9 Å². The molecule has 1 heterocycles. The van der Waals surface area contributed by atoms with Crippen LogP contribution in [0.2, 0.25) is 10.2 Å². The van der Waals surface area contributed by atoms with Gasteiger partial charge in [-0.1, -0.05) is 35.3 Å². The normalized spacial score (nSPS) is 11.6. The van der Waals surface area contributed by atoms with Crippen molar-refractivity contribution in [2.24, 2.45) is 0 Å². The summed E-state index contributed by atoms with van der Waals surface area (Å²) < 4.78 is 7.38. The van der Waals surface area contributed by atoms with Crippen molar-refractivity contribution < 1.29 is 4.74 Å². The molecule has 0 aliphatic carbocycles. The van der Waals surface area contributed by atoms with E-state index in [4.69, 9.17) is 27.9 Å². The molecule has 0 saturated carbocycles. The highest BCUT2D eigenvalue weighted by Gasteiger charge is 2.21. The first-order chi connectivity index (χ1) is 8.39. The fourth-order valence-electron chi connectivity index (χ4n) is 1.50. The summed E-state index contributed by atoms with van der Waals surface area (Å²) >= 11 is 12.3. The molecule has 3 nitrogen and oxygen atoms in total. The van der Waals surface area contributed by atoms with Crippen molar-refractivity contribution in [2.75, 3.05) is 0 Å². The van der Waals surface area contributed by atoms with Crippen LogP contribution in [-0.4, -0.2) is 9.78 Å². The quantitative estimate of drug-likeness (QED) is 0.797. The molecule has 2 rings (SSSR count). The van der Waals surface area contributed by atoms with E-state index >= 15 is 0 Å². The Hall–Kier alpha value is -1.19. The van der Waals surface area contributed by atoms with Crippen molar-refractivity contribution in [3.8, 4) is 11.5 Å². The predicted octanol–water partition coefficient (Wildman–Crippen LogP) is 4.74. The molecule has 0 unspecified atom stereocenters. The SMILES string of the molecule is CC(C)(C)n1ncc(Oc2ccccc2Cl)c1Cl. The Morgan fingerprint density at radius 1 is 1.11 bits per heavy atom. The maximum atomic E-state index is 6.24. The van der Waals surface area contributed by atoms with Crippen molar-refractivity contribution in [3.63, 3.8) is 0 Å². The molecule has 18 heavy (non-hydrogen) atoms. The van der Waals surface area contributed by atoms with Gasteiger partial charge in [-0.2, -0.15) is 5.10 Å². The van der Waals surface area contributed by atoms with Crippen LogP contribution in [-0.2, 0) is 5.54 Å². The molecule has 0 spiro atoms. The van der Waals surface area contributed by atoms with Crippen LogP contribution in [0.15, 0.2) is 30.5 Å². The summed E-state index contributed by atoms with van der Waals surface area (Å²) in [7, 11) is 0. The number of ether oxygens (including phenoxy) is 1. The van der Waals surface area contributed by atoms with Gasteiger partial charge in [-0.25, -0.2) is 4.68 Å². The summed E-state index contributed by atoms with van der Waals surface area (Å²) in [5, 5.41) is 5.23. The number of aromatic nitrogens is 2. The average molecular weight is 285 g/mol. The topological polar surface area (TPSA) is 27.1 Å². The monoisotopic (exact) mass is 284 g/mol. The van der Waals surface area contributed by atoms with Gasteiger partial charge in [0.05, 0.1) is 16.8 Å². The Balaban J connectivity index is 2.32. The van der Waals surface area contributed by atoms with Crippen LogP contribution in [0.4, 0.5) is 0 Å². The van der Waals surface area contributed by atoms with Gasteiger partial charge in [0.15, 0.2) is 10.9 Å². The summed E-state index contributed by atoms with van der Waals surface area (Å²) in [6.45, 7) is 6.06. The van der Waals surface area contributed by atoms with Crippen molar-refractivity contribution in [1.82, 2.24) is 9.78 Å². The molecule has 5 heteroatoms. The molecule has 0 fully saturated rings. The third-order valence-corrected chi connectivity index (χ3v) is 3.03. The maximum Gasteiger partial charge on any atom is 0.184 e. The minimum Gasteiger partial charge on any atom is -0.451 e. The molecular formula is C13H14Cl2N2O. The van der Waals surface area contributed by atoms with Crippen molar-refractivity contribution in [2.45, 2.75) is 26.3 Å². The van der Waals surface area contributed by atoms with E-state index in [2.05, 4.69) is 5.10 Å². The molecular weight excluding hydrogens is 271 g/mol. The van der Waals surface area contributed by atoms with Crippen LogP contribution < -0.4 is 4.74 Å². The third kappa shape index (κ3) is 2.62. The summed E-state index contributed by atoms with van der Waals surface area (Å²) in [5.74, 6) is 1.06. The van der Waals surface area contributed by atoms with Crippen molar-refractivity contribution >= 4 is 23.2 Å². The Bertz CT molecular complexity index is 558. The Labute approximate surface area is 116 Å². The van der Waals surface area contributed by atoms with Gasteiger partial charge in [-0.3, -0.25) is 0 Å². The molecule has 2 aromatic rings. The van der Waals surface area contributed by atoms with E-state index < -0.39 is 0 Å². The van der Waals surface area contributed by atoms with Gasteiger partial charge >= 0.3 is 0 Å². The second kappa shape index (κ2) is 4.82. The van der Waals surface area contributed by atoms with Crippen LogP contribution in [0.25, 0.3) is 0 Å². The van der Waals surface area contributed by atoms with Crippen LogP contribution in [0.3, 0.4) is 0 Å². The second-order valence-electron chi connectivity index (χ2n) is 4.91. The van der Waals surface area contributed by atoms with E-state index in [1.165, 1.54) is 0 Å². The average Bonchev–Trinajstić information content (AvgIpc) is 2.63. The number of hydrogen-bond acceptors (Lipinski definition) is 2. The molecule has 0 atom stereocenters. The first kappa shape index (κ1) is 13.2. The highest BCUT2D eigenvalue weighted by Crippen LogP contribution is 2.35. The molecule has 0 aliphatic rings. The zero-order valence-electron chi connectivity index (χ0n) is 10.4. The minimum atomic E-state index is -0.195. The highest BCUT2D eigenvalue weighted by atomic mass is 35.5. The fourth-order valence-corrected chi connectivity index (χ4v) is 2.06. The van der Waals surface area contributed by atoms with Gasteiger partial charge in [-0.15, -0.1) is 0 Å². The van der Waals surface area contributed by atoms with Crippen LogP contribution in [0.1, 0.15) is 20.8 Å². The van der Waals surface area contributed by atoms with Crippen LogP contribution in [0, 0.1) is 0 Å². The maximum absolute atomic E-state index is 6.24. The lowest BCUT2D eigenvalue weighted by Gasteiger charge is -2.20. The molecule has 0 saturated heterocycles. The molecule has 0 aliphatic heterocycles. The molecule has 0 N–H and O–H groups in total. The zero-order chi connectivity index (χ0) is 13.3. The van der Waals surface area contributed by atoms with Crippen LogP contribution >= 0.6 is 23.2 Å². The first-order valence-electron chi connectivity index (χ1n) is 5.56. The van der Waals surface area contributed by atoms with Crippen LogP contribution in [0.5, 0.6) is 11.5 Å². The van der Waals surface area contributed by atoms with E-state index in [1.807, 2.05) is 32.9 Å². The van der Waals surface area contributed by atoms with Gasteiger partial charge in [0, 0.05) is 0 Å². The molecule has 0 radical (unpaired) electrons. The molecule has 0 amide bonds. The number of rotatable bonds is 2. The predicted molar refractivity (Wildman–Crippen MR) is 73.8 cm³/mol. The number of halogens is 2. The van der Waals surface area contributed by atoms with Gasteiger partial charge < -0.3 is 4.74 Å².